The van der Waals surface area contributed by atoms with Gasteiger partial charge in [0.2, 0.25) is 0 Å². The topological polar surface area (TPSA) is 52.9 Å². The molecule has 6 aromatic rings. The third kappa shape index (κ3) is 16.4. The summed E-state index contributed by atoms with van der Waals surface area (Å²) in [5.74, 6) is 0. The first kappa shape index (κ1) is 57.6. The summed E-state index contributed by atoms with van der Waals surface area (Å²) in [6.07, 6.45) is 15.7. The molecule has 0 bridgehead atoms. The minimum absolute atomic E-state index is 0. The van der Waals surface area contributed by atoms with Crippen LogP contribution in [0.1, 0.15) is 111 Å². The number of nitrogens with zero attached hydrogens (tertiary/aromatic N) is 4. The van der Waals surface area contributed by atoms with Gasteiger partial charge in [0, 0.05) is 12.4 Å². The number of hydrogen-bond donors (Lipinski definition) is 0. The number of aryl methyl sites for hydroxylation is 8. The molecule has 0 aliphatic carbocycles. The molecule has 0 N–H and O–H groups in total. The van der Waals surface area contributed by atoms with Crippen LogP contribution in [0.3, 0.4) is 0 Å². The summed E-state index contributed by atoms with van der Waals surface area (Å²) in [4.78, 5) is 9.94. The van der Waals surface area contributed by atoms with E-state index in [0.29, 0.717) is 0 Å². The Morgan fingerprint density at radius 3 is 0.848 bits per heavy atom. The zero-order valence-electron chi connectivity index (χ0n) is 39.9. The fourth-order valence-electron chi connectivity index (χ4n) is 7.69. The van der Waals surface area contributed by atoms with Crippen molar-refractivity contribution in [3.8, 4) is 0 Å². The first-order valence-electron chi connectivity index (χ1n) is 23.0. The Morgan fingerprint density at radius 2 is 0.606 bits per heavy atom. The molecule has 0 spiro atoms. The molecule has 8 heteroatoms. The van der Waals surface area contributed by atoms with E-state index in [1.807, 2.05) is 37.0 Å². The Hall–Kier alpha value is -4.52. The van der Waals surface area contributed by atoms with Gasteiger partial charge in [0.25, 0.3) is 0 Å². The van der Waals surface area contributed by atoms with E-state index >= 15 is 0 Å². The Balaban J connectivity index is 0.000000425. The number of hydrogen-bond acceptors (Lipinski definition) is 4. The maximum atomic E-state index is 4.97. The van der Waals surface area contributed by atoms with E-state index in [9.17, 15) is 0 Å². The van der Waals surface area contributed by atoms with Crippen LogP contribution in [0.2, 0.25) is 0 Å². The molecule has 0 fully saturated rings. The van der Waals surface area contributed by atoms with Crippen molar-refractivity contribution in [3.63, 3.8) is 0 Å². The summed E-state index contributed by atoms with van der Waals surface area (Å²) in [5.41, 5.74) is 18.9. The Bertz CT molecular complexity index is 2200. The van der Waals surface area contributed by atoms with Gasteiger partial charge in [-0.25, -0.2) is 0 Å². The van der Waals surface area contributed by atoms with Crippen molar-refractivity contribution in [2.24, 2.45) is 9.98 Å². The maximum absolute atomic E-state index is 4.97. The van der Waals surface area contributed by atoms with Crippen molar-refractivity contribution in [2.75, 3.05) is 0 Å². The fourth-order valence-corrected chi connectivity index (χ4v) is 7.69. The summed E-state index contributed by atoms with van der Waals surface area (Å²) < 4.78 is 0. The molecule has 352 valence electrons. The largest absolute Gasteiger partial charge is 2.00 e. The second kappa shape index (κ2) is 32.2. The molecule has 0 saturated carbocycles. The van der Waals surface area contributed by atoms with Crippen molar-refractivity contribution >= 4 is 69.6 Å². The van der Waals surface area contributed by atoms with Crippen LogP contribution < -0.4 is 0 Å². The molecule has 6 rings (SSSR count). The summed E-state index contributed by atoms with van der Waals surface area (Å²) >= 11 is 7.33. The fraction of sp³-hybridized carbons (Fsp3) is 0.276. The second-order valence-corrected chi connectivity index (χ2v) is 15.2. The van der Waals surface area contributed by atoms with Crippen LogP contribution in [-0.2, 0) is 109 Å². The zero-order valence-corrected chi connectivity index (χ0v) is 43.4. The maximum Gasteiger partial charge on any atom is 2.00 e. The van der Waals surface area contributed by atoms with Gasteiger partial charge in [-0.05, 0) is 95.9 Å². The average Bonchev–Trinajstić information content (AvgIpc) is 3.37. The normalized spacial score (nSPS) is 11.2. The van der Waals surface area contributed by atoms with Crippen molar-refractivity contribution in [1.29, 1.82) is 0 Å². The molecule has 4 nitrogen and oxygen atoms in total. The summed E-state index contributed by atoms with van der Waals surface area (Å²) in [7, 11) is 0. The molecule has 2 radical (unpaired) electrons. The second-order valence-electron chi connectivity index (χ2n) is 15.2. The quantitative estimate of drug-likeness (QED) is 0.0373. The van der Waals surface area contributed by atoms with E-state index in [0.717, 1.165) is 96.4 Å². The zero-order chi connectivity index (χ0) is 46.1. The van der Waals surface area contributed by atoms with E-state index in [4.69, 9.17) is 20.6 Å². The van der Waals surface area contributed by atoms with Crippen LogP contribution in [0.25, 0.3) is 21.8 Å². The van der Waals surface area contributed by atoms with Gasteiger partial charge < -0.3 is 34.0 Å². The SMILES string of the molecule is CCc1cccc(CC)c1N=C/C(=C\[N-]c1c(CC)cccc1CC)c1ccccc1.CCc1cccc(CC)c1N=C/C(=C\[N-]c1c(CC)cccc1CC)c1ccccc1.[Cu+2].[Cu+2].[S-][S-]. The first-order valence-corrected chi connectivity index (χ1v) is 24.4. The standard InChI is InChI=1S/2C29H33N2.2Cu.S2/c2*1-5-22-16-12-17-23(6-2)28(22)30-20-27(26-14-10-9-11-15-26)21-31-29-24(7-3)18-13-19-25(29)8-4;;;1-2/h2*9-21H,5-8H2,1-4H3;;;/q2*-1;2*+2;-2/b2*27-20+,31-21?;;;. The van der Waals surface area contributed by atoms with Crippen molar-refractivity contribution in [1.82, 2.24) is 0 Å². The predicted molar refractivity (Wildman–Crippen MR) is 287 cm³/mol. The van der Waals surface area contributed by atoms with Crippen LogP contribution in [0.15, 0.2) is 156 Å². The molecule has 0 amide bonds. The van der Waals surface area contributed by atoms with Gasteiger partial charge >= 0.3 is 34.1 Å². The Labute approximate surface area is 429 Å². The molecular formula is C58H66Cu2N4S2. The van der Waals surface area contributed by atoms with Crippen molar-refractivity contribution < 1.29 is 34.1 Å². The third-order valence-electron chi connectivity index (χ3n) is 11.4. The van der Waals surface area contributed by atoms with Gasteiger partial charge in [0.05, 0.1) is 11.4 Å². The first-order chi connectivity index (χ1) is 31.4. The molecule has 0 aromatic heterocycles. The number of para-hydroxylation sites is 4. The molecule has 66 heavy (non-hydrogen) atoms. The molecule has 6 aromatic carbocycles. The van der Waals surface area contributed by atoms with Crippen LogP contribution in [0, 0.1) is 0 Å². The van der Waals surface area contributed by atoms with E-state index in [1.165, 1.54) is 44.5 Å². The van der Waals surface area contributed by atoms with Gasteiger partial charge in [-0.1, -0.05) is 211 Å². The van der Waals surface area contributed by atoms with Crippen LogP contribution in [0.4, 0.5) is 22.7 Å². The van der Waals surface area contributed by atoms with E-state index in [-0.39, 0.29) is 34.1 Å². The van der Waals surface area contributed by atoms with Crippen LogP contribution >= 0.6 is 0 Å². The summed E-state index contributed by atoms with van der Waals surface area (Å²) in [6, 6.07) is 46.7. The molecule has 0 atom stereocenters. The molecule has 0 aliphatic rings. The number of benzene rings is 6. The number of aliphatic imine (C=N–C) groups is 2. The molecule has 0 saturated heterocycles. The Kier molecular flexibility index (Phi) is 28.1. The minimum atomic E-state index is 0. The van der Waals surface area contributed by atoms with E-state index in [1.54, 1.807) is 0 Å². The van der Waals surface area contributed by atoms with Crippen molar-refractivity contribution in [3.05, 3.63) is 212 Å². The van der Waals surface area contributed by atoms with Crippen LogP contribution in [0.5, 0.6) is 0 Å². The van der Waals surface area contributed by atoms with Gasteiger partial charge in [-0.2, -0.15) is 12.4 Å². The smallest absolute Gasteiger partial charge is 1.00 e. The van der Waals surface area contributed by atoms with Gasteiger partial charge in [0.15, 0.2) is 0 Å². The van der Waals surface area contributed by atoms with E-state index in [2.05, 4.69) is 200 Å². The number of allylic oxidation sites excluding steroid dienone is 2. The average molecular weight is 1010 g/mol. The van der Waals surface area contributed by atoms with Gasteiger partial charge in [-0.3, -0.25) is 9.98 Å². The monoisotopic (exact) mass is 1010 g/mol. The molecule has 0 aliphatic heterocycles. The summed E-state index contributed by atoms with van der Waals surface area (Å²) in [5, 5.41) is 9.94. The van der Waals surface area contributed by atoms with Crippen LogP contribution in [-0.4, -0.2) is 12.4 Å². The predicted octanol–water partition coefficient (Wildman–Crippen LogP) is 16.8. The van der Waals surface area contributed by atoms with E-state index < -0.39 is 0 Å². The molecule has 0 unspecified atom stereocenters. The summed E-state index contributed by atoms with van der Waals surface area (Å²) in [6.45, 7) is 17.5. The minimum Gasteiger partial charge on any atom is -1.00 e. The third-order valence-corrected chi connectivity index (χ3v) is 11.4. The van der Waals surface area contributed by atoms with Gasteiger partial charge in [-0.15, -0.1) is 11.4 Å². The molecule has 0 heterocycles. The van der Waals surface area contributed by atoms with Crippen molar-refractivity contribution in [2.45, 2.75) is 107 Å². The molecular weight excluding hydrogens is 944 g/mol. The van der Waals surface area contributed by atoms with Gasteiger partial charge in [0.1, 0.15) is 0 Å². The number of rotatable bonds is 18. The Morgan fingerprint density at radius 1 is 0.364 bits per heavy atom.